The van der Waals surface area contributed by atoms with Crippen molar-refractivity contribution >= 4 is 34.2 Å². The van der Waals surface area contributed by atoms with Crippen LogP contribution in [0.3, 0.4) is 0 Å². The van der Waals surface area contributed by atoms with E-state index < -0.39 is 5.82 Å². The van der Waals surface area contributed by atoms with Crippen LogP contribution in [0.4, 0.5) is 4.39 Å². The summed E-state index contributed by atoms with van der Waals surface area (Å²) in [4.78, 5) is 7.86. The third-order valence-electron chi connectivity index (χ3n) is 4.82. The fourth-order valence-electron chi connectivity index (χ4n) is 3.33. The maximum absolute atomic E-state index is 13.3. The smallest absolute Gasteiger partial charge is 0.180 e. The van der Waals surface area contributed by atoms with Gasteiger partial charge >= 0.3 is 0 Å². The molecule has 32 heavy (non-hydrogen) atoms. The zero-order valence-electron chi connectivity index (χ0n) is 17.4. The maximum Gasteiger partial charge on any atom is 0.180 e. The molecule has 166 valence electrons. The lowest BCUT2D eigenvalue weighted by atomic mass is 10.2. The van der Waals surface area contributed by atoms with Crippen LogP contribution in [0.15, 0.2) is 54.6 Å². The third-order valence-corrected chi connectivity index (χ3v) is 5.45. The topological polar surface area (TPSA) is 59.2 Å². The van der Waals surface area contributed by atoms with Crippen LogP contribution in [0.2, 0.25) is 10.0 Å². The van der Waals surface area contributed by atoms with E-state index in [-0.39, 0.29) is 6.61 Å². The molecule has 0 bridgehead atoms. The van der Waals surface area contributed by atoms with Crippen LogP contribution in [0, 0.1) is 5.82 Å². The summed E-state index contributed by atoms with van der Waals surface area (Å²) in [6.07, 6.45) is 0. The van der Waals surface area contributed by atoms with Crippen LogP contribution in [-0.4, -0.2) is 16.6 Å². The maximum atomic E-state index is 13.3. The molecule has 0 unspecified atom stereocenters. The molecule has 8 heteroatoms. The van der Waals surface area contributed by atoms with Crippen molar-refractivity contribution in [1.82, 2.24) is 15.3 Å². The van der Waals surface area contributed by atoms with Gasteiger partial charge in [-0.3, -0.25) is 0 Å². The predicted octanol–water partition coefficient (Wildman–Crippen LogP) is 6.28. The molecule has 4 aromatic rings. The number of ether oxygens (including phenoxy) is 2. The Labute approximate surface area is 195 Å². The Hall–Kier alpha value is -2.80. The average Bonchev–Trinajstić information content (AvgIpc) is 3.17. The molecule has 0 aliphatic carbocycles. The second kappa shape index (κ2) is 10.2. The second-order valence-corrected chi connectivity index (χ2v) is 7.98. The van der Waals surface area contributed by atoms with E-state index in [0.29, 0.717) is 46.8 Å². The minimum atomic E-state index is -0.397. The first-order chi connectivity index (χ1) is 15.5. The molecular weight excluding hydrogens is 452 g/mol. The monoisotopic (exact) mass is 473 g/mol. The highest BCUT2D eigenvalue weighted by Crippen LogP contribution is 2.37. The molecule has 0 atom stereocenters. The number of benzene rings is 3. The van der Waals surface area contributed by atoms with E-state index in [1.165, 1.54) is 12.1 Å². The van der Waals surface area contributed by atoms with Crippen molar-refractivity contribution in [1.29, 1.82) is 0 Å². The van der Waals surface area contributed by atoms with Gasteiger partial charge in [0.25, 0.3) is 0 Å². The number of fused-ring (bicyclic) bond motifs is 1. The van der Waals surface area contributed by atoms with Crippen LogP contribution in [0.1, 0.15) is 23.9 Å². The van der Waals surface area contributed by atoms with Crippen LogP contribution in [0.5, 0.6) is 11.5 Å². The van der Waals surface area contributed by atoms with Gasteiger partial charge in [-0.2, -0.15) is 0 Å². The van der Waals surface area contributed by atoms with E-state index in [2.05, 4.69) is 15.3 Å². The number of hydrogen-bond acceptors (Lipinski definition) is 4. The summed E-state index contributed by atoms with van der Waals surface area (Å²) in [5.74, 6) is 1.43. The highest BCUT2D eigenvalue weighted by molar-refractivity contribution is 6.32. The first-order valence-electron chi connectivity index (χ1n) is 10.2. The first-order valence-corrected chi connectivity index (χ1v) is 11.0. The fraction of sp³-hybridized carbons (Fsp3) is 0.208. The van der Waals surface area contributed by atoms with Gasteiger partial charge in [-0.15, -0.1) is 0 Å². The zero-order valence-corrected chi connectivity index (χ0v) is 18.9. The van der Waals surface area contributed by atoms with Gasteiger partial charge in [0.05, 0.1) is 34.2 Å². The molecule has 0 saturated carbocycles. The molecule has 0 amide bonds. The Morgan fingerprint density at radius 1 is 1.00 bits per heavy atom. The van der Waals surface area contributed by atoms with E-state index in [1.54, 1.807) is 6.07 Å². The molecular formula is C24H22Cl2FN3O2. The minimum absolute atomic E-state index is 0.141. The summed E-state index contributed by atoms with van der Waals surface area (Å²) in [5.41, 5.74) is 3.55. The van der Waals surface area contributed by atoms with Crippen molar-refractivity contribution in [3.05, 3.63) is 87.4 Å². The Balaban J connectivity index is 1.44. The number of hydrogen-bond donors (Lipinski definition) is 2. The number of imidazole rings is 1. The summed E-state index contributed by atoms with van der Waals surface area (Å²) < 4.78 is 24.9. The number of H-pyrrole nitrogens is 1. The second-order valence-electron chi connectivity index (χ2n) is 7.17. The van der Waals surface area contributed by atoms with Crippen molar-refractivity contribution in [3.8, 4) is 11.5 Å². The highest BCUT2D eigenvalue weighted by atomic mass is 35.5. The van der Waals surface area contributed by atoms with Crippen molar-refractivity contribution < 1.29 is 13.9 Å². The number of nitrogens with zero attached hydrogens (tertiary/aromatic N) is 1. The molecule has 3 aromatic carbocycles. The molecule has 1 heterocycles. The van der Waals surface area contributed by atoms with Crippen LogP contribution < -0.4 is 14.8 Å². The van der Waals surface area contributed by atoms with Crippen LogP contribution in [0.25, 0.3) is 11.0 Å². The lowest BCUT2D eigenvalue weighted by Gasteiger charge is -2.16. The summed E-state index contributed by atoms with van der Waals surface area (Å²) in [5, 5.41) is 4.09. The summed E-state index contributed by atoms with van der Waals surface area (Å²) in [6, 6.07) is 15.8. The van der Waals surface area contributed by atoms with Crippen LogP contribution in [-0.2, 0) is 19.7 Å². The molecule has 0 spiro atoms. The quantitative estimate of drug-likeness (QED) is 0.300. The van der Waals surface area contributed by atoms with E-state index in [1.807, 2.05) is 43.3 Å². The van der Waals surface area contributed by atoms with Gasteiger partial charge in [-0.25, -0.2) is 9.37 Å². The molecule has 0 aliphatic heterocycles. The predicted molar refractivity (Wildman–Crippen MR) is 125 cm³/mol. The van der Waals surface area contributed by atoms with Crippen LogP contribution >= 0.6 is 23.2 Å². The standard InChI is InChI=1S/C24H22Cl2FN3O2/c1-2-31-22-10-15(12-28-13-23-29-20-5-3-4-6-21(20)30-23)9-19(26)24(22)32-14-16-7-8-17(27)11-18(16)25/h3-11,28H,2,12-14H2,1H3,(H,29,30). The van der Waals surface area contributed by atoms with Gasteiger partial charge in [0, 0.05) is 12.1 Å². The number of aromatic nitrogens is 2. The van der Waals surface area contributed by atoms with Crippen molar-refractivity contribution in [2.45, 2.75) is 26.6 Å². The minimum Gasteiger partial charge on any atom is -0.490 e. The molecule has 1 aromatic heterocycles. The van der Waals surface area contributed by atoms with Gasteiger partial charge in [0.15, 0.2) is 11.5 Å². The van der Waals surface area contributed by atoms with Gasteiger partial charge in [0.2, 0.25) is 0 Å². The molecule has 4 rings (SSSR count). The lowest BCUT2D eigenvalue weighted by molar-refractivity contribution is 0.269. The number of nitrogens with one attached hydrogen (secondary N) is 2. The molecule has 5 nitrogen and oxygen atoms in total. The normalized spacial score (nSPS) is 11.1. The zero-order chi connectivity index (χ0) is 22.5. The summed E-state index contributed by atoms with van der Waals surface area (Å²) >= 11 is 12.6. The lowest BCUT2D eigenvalue weighted by Crippen LogP contribution is -2.14. The van der Waals surface area contributed by atoms with Gasteiger partial charge in [-0.1, -0.05) is 41.4 Å². The molecule has 0 fully saturated rings. The van der Waals surface area contributed by atoms with Crippen molar-refractivity contribution in [2.24, 2.45) is 0 Å². The van der Waals surface area contributed by atoms with Crippen molar-refractivity contribution in [3.63, 3.8) is 0 Å². The van der Waals surface area contributed by atoms with Gasteiger partial charge in [0.1, 0.15) is 18.2 Å². The van der Waals surface area contributed by atoms with E-state index >= 15 is 0 Å². The molecule has 2 N–H and O–H groups in total. The SMILES string of the molecule is CCOc1cc(CNCc2nc3ccccc3[nH]2)cc(Cl)c1OCc1ccc(F)cc1Cl. The summed E-state index contributed by atoms with van der Waals surface area (Å²) in [6.45, 7) is 3.64. The van der Waals surface area contributed by atoms with Gasteiger partial charge < -0.3 is 19.8 Å². The number of aromatic amines is 1. The first kappa shape index (κ1) is 22.4. The van der Waals surface area contributed by atoms with E-state index in [0.717, 1.165) is 22.4 Å². The Morgan fingerprint density at radius 2 is 1.84 bits per heavy atom. The number of para-hydroxylation sites is 2. The number of halogens is 3. The van der Waals surface area contributed by atoms with E-state index in [9.17, 15) is 4.39 Å². The third kappa shape index (κ3) is 5.33. The molecule has 0 saturated heterocycles. The average molecular weight is 474 g/mol. The molecule has 0 radical (unpaired) electrons. The highest BCUT2D eigenvalue weighted by Gasteiger charge is 2.14. The van der Waals surface area contributed by atoms with Gasteiger partial charge in [-0.05, 0) is 48.9 Å². The summed E-state index contributed by atoms with van der Waals surface area (Å²) in [7, 11) is 0. The Bertz CT molecular complexity index is 1200. The molecule has 0 aliphatic rings. The fourth-order valence-corrected chi connectivity index (χ4v) is 3.84. The Kier molecular flexibility index (Phi) is 7.15. The number of rotatable bonds is 9. The van der Waals surface area contributed by atoms with Crippen molar-refractivity contribution in [2.75, 3.05) is 6.61 Å². The largest absolute Gasteiger partial charge is 0.490 e. The Morgan fingerprint density at radius 3 is 2.62 bits per heavy atom. The van der Waals surface area contributed by atoms with E-state index in [4.69, 9.17) is 32.7 Å².